The van der Waals surface area contributed by atoms with Gasteiger partial charge in [-0.1, -0.05) is 24.1 Å². The number of carbonyl (C=O) groups is 1. The minimum Gasteiger partial charge on any atom is -0.384 e. The first-order valence-electron chi connectivity index (χ1n) is 12.7. The van der Waals surface area contributed by atoms with E-state index in [1.807, 2.05) is 12.1 Å². The van der Waals surface area contributed by atoms with Gasteiger partial charge in [0, 0.05) is 31.4 Å². The molecule has 0 amide bonds. The van der Waals surface area contributed by atoms with Crippen molar-refractivity contribution in [3.8, 4) is 5.82 Å². The smallest absolute Gasteiger partial charge is 0.266 e. The molecule has 12 heteroatoms. The third-order valence-electron chi connectivity index (χ3n) is 6.63. The number of rotatable bonds is 10. The van der Waals surface area contributed by atoms with Crippen LogP contribution in [0.5, 0.6) is 0 Å². The molecule has 0 aliphatic carbocycles. The van der Waals surface area contributed by atoms with E-state index >= 15 is 0 Å². The maximum atomic E-state index is 13.1. The lowest BCUT2D eigenvalue weighted by Crippen LogP contribution is -2.33. The Morgan fingerprint density at radius 3 is 2.59 bits per heavy atom. The molecule has 1 saturated heterocycles. The lowest BCUT2D eigenvalue weighted by molar-refractivity contribution is -0.116. The Balaban J connectivity index is 1.23. The van der Waals surface area contributed by atoms with Gasteiger partial charge in [0.15, 0.2) is 15.6 Å². The second-order valence-electron chi connectivity index (χ2n) is 9.54. The second-order valence-corrected chi connectivity index (χ2v) is 13.5. The van der Waals surface area contributed by atoms with Gasteiger partial charge in [0.1, 0.15) is 22.1 Å². The second kappa shape index (κ2) is 12.0. The van der Waals surface area contributed by atoms with Crippen LogP contribution in [0.4, 0.5) is 5.69 Å². The van der Waals surface area contributed by atoms with Crippen molar-refractivity contribution in [1.29, 1.82) is 0 Å². The lowest BCUT2D eigenvalue weighted by atomic mass is 10.1. The highest BCUT2D eigenvalue weighted by Crippen LogP contribution is 2.26. The van der Waals surface area contributed by atoms with E-state index in [1.54, 1.807) is 18.2 Å². The number of piperidine rings is 1. The van der Waals surface area contributed by atoms with E-state index in [1.165, 1.54) is 48.5 Å². The Bertz CT molecular complexity index is 1640. The molecule has 9 nitrogen and oxygen atoms in total. The number of sulfone groups is 1. The van der Waals surface area contributed by atoms with Gasteiger partial charge in [-0.2, -0.15) is 0 Å². The highest BCUT2D eigenvalue weighted by molar-refractivity contribution is 7.94. The van der Waals surface area contributed by atoms with Gasteiger partial charge in [0.2, 0.25) is 0 Å². The third-order valence-corrected chi connectivity index (χ3v) is 10.1. The molecule has 1 aromatic carbocycles. The summed E-state index contributed by atoms with van der Waals surface area (Å²) in [6, 6.07) is 11.7. The molecule has 0 bridgehead atoms. The Hall–Kier alpha value is -3.12. The van der Waals surface area contributed by atoms with Crippen LogP contribution >= 0.6 is 22.9 Å². The van der Waals surface area contributed by atoms with E-state index < -0.39 is 21.4 Å². The average molecular weight is 586 g/mol. The summed E-state index contributed by atoms with van der Waals surface area (Å²) in [5.41, 5.74) is 1.80. The molecular weight excluding hydrogens is 558 g/mol. The van der Waals surface area contributed by atoms with Gasteiger partial charge in [-0.3, -0.25) is 14.2 Å². The number of anilines is 1. The summed E-state index contributed by atoms with van der Waals surface area (Å²) in [5.74, 6) is -0.719. The van der Waals surface area contributed by atoms with Crippen molar-refractivity contribution in [2.24, 2.45) is 0 Å². The number of ketones is 1. The number of fused-ring (bicyclic) bond motifs is 1. The molecule has 39 heavy (non-hydrogen) atoms. The van der Waals surface area contributed by atoms with Gasteiger partial charge in [0.25, 0.3) is 5.56 Å². The first-order chi connectivity index (χ1) is 18.8. The number of hydrogen-bond donors (Lipinski definition) is 1. The topological polar surface area (TPSA) is 114 Å². The fraction of sp³-hybridized carbons (Fsp3) is 0.333. The van der Waals surface area contributed by atoms with E-state index in [4.69, 9.17) is 11.6 Å². The lowest BCUT2D eigenvalue weighted by Gasteiger charge is -2.26. The Kier molecular flexibility index (Phi) is 8.41. The maximum absolute atomic E-state index is 13.1. The number of hydrogen-bond acceptors (Lipinski definition) is 9. The molecule has 0 spiro atoms. The number of pyridine rings is 1. The van der Waals surface area contributed by atoms with Crippen LogP contribution in [0.15, 0.2) is 64.0 Å². The quantitative estimate of drug-likeness (QED) is 0.297. The summed E-state index contributed by atoms with van der Waals surface area (Å²) in [6.07, 6.45) is 6.65. The predicted octanol–water partition coefficient (Wildman–Crippen LogP) is 3.98. The summed E-state index contributed by atoms with van der Waals surface area (Å²) in [6.45, 7) is 4.12. The van der Waals surface area contributed by atoms with Gasteiger partial charge in [-0.25, -0.2) is 18.4 Å². The summed E-state index contributed by atoms with van der Waals surface area (Å²) >= 11 is 6.74. The van der Waals surface area contributed by atoms with Crippen molar-refractivity contribution in [2.45, 2.75) is 29.9 Å². The molecule has 0 atom stereocenters. The van der Waals surface area contributed by atoms with Crippen molar-refractivity contribution in [3.63, 3.8) is 0 Å². The summed E-state index contributed by atoms with van der Waals surface area (Å²) in [7, 11) is -3.75. The molecule has 1 N–H and O–H groups in total. The van der Waals surface area contributed by atoms with Crippen LogP contribution in [0, 0.1) is 0 Å². The Labute approximate surface area is 235 Å². The van der Waals surface area contributed by atoms with Crippen LogP contribution < -0.4 is 10.9 Å². The summed E-state index contributed by atoms with van der Waals surface area (Å²) in [5, 5.41) is 3.89. The number of nitrogens with zero attached hydrogens (tertiary/aromatic N) is 4. The molecule has 1 aliphatic rings. The number of halogens is 1. The van der Waals surface area contributed by atoms with Crippen molar-refractivity contribution >= 4 is 55.1 Å². The Morgan fingerprint density at radius 1 is 1.05 bits per heavy atom. The third kappa shape index (κ3) is 6.73. The number of thiophene rings is 1. The molecule has 0 unspecified atom stereocenters. The molecule has 0 radical (unpaired) electrons. The first-order valence-corrected chi connectivity index (χ1v) is 15.6. The molecule has 0 saturated carbocycles. The minimum atomic E-state index is -3.75. The molecule has 1 aliphatic heterocycles. The number of nitrogens with one attached hydrogen (secondary N) is 1. The van der Waals surface area contributed by atoms with Crippen molar-refractivity contribution in [2.75, 3.05) is 37.2 Å². The summed E-state index contributed by atoms with van der Waals surface area (Å²) < 4.78 is 26.6. The summed E-state index contributed by atoms with van der Waals surface area (Å²) in [4.78, 5) is 36.8. The number of likely N-dealkylation sites (tertiary alicyclic amines) is 1. The van der Waals surface area contributed by atoms with E-state index in [0.717, 1.165) is 43.2 Å². The zero-order chi connectivity index (χ0) is 27.4. The fourth-order valence-electron chi connectivity index (χ4n) is 4.63. The highest BCUT2D eigenvalue weighted by atomic mass is 35.5. The van der Waals surface area contributed by atoms with Crippen LogP contribution in [-0.2, 0) is 21.1 Å². The standard InChI is InChI=1S/C27H28ClN5O4S2/c28-24-7-9-26(38-24)39(36,37)17-21(34)14-19-4-8-25(30-16-19)33-18-31-23-15-20(5-6-22(23)27(33)35)29-10-13-32-11-2-1-3-12-32/h4-9,15-16,18,29H,1-3,10-14,17H2. The highest BCUT2D eigenvalue weighted by Gasteiger charge is 2.21. The minimum absolute atomic E-state index is 0.0675. The van der Waals surface area contributed by atoms with Gasteiger partial charge in [-0.05, 0) is 67.9 Å². The van der Waals surface area contributed by atoms with Crippen LogP contribution in [0.25, 0.3) is 16.7 Å². The predicted molar refractivity (Wildman–Crippen MR) is 154 cm³/mol. The van der Waals surface area contributed by atoms with Crippen molar-refractivity contribution in [1.82, 2.24) is 19.4 Å². The van der Waals surface area contributed by atoms with E-state index in [-0.39, 0.29) is 16.2 Å². The van der Waals surface area contributed by atoms with Crippen molar-refractivity contribution in [3.05, 3.63) is 75.2 Å². The molecule has 3 aromatic heterocycles. The van der Waals surface area contributed by atoms with Crippen LogP contribution in [-0.4, -0.2) is 65.6 Å². The fourth-order valence-corrected chi connectivity index (χ4v) is 7.44. The average Bonchev–Trinajstić information content (AvgIpc) is 3.37. The van der Waals surface area contributed by atoms with Gasteiger partial charge < -0.3 is 10.2 Å². The molecule has 204 valence electrons. The van der Waals surface area contributed by atoms with Crippen molar-refractivity contribution < 1.29 is 13.2 Å². The van der Waals surface area contributed by atoms with E-state index in [0.29, 0.717) is 26.6 Å². The SMILES string of the molecule is O=C(Cc1ccc(-n2cnc3cc(NCCN4CCCCC4)ccc3c2=O)nc1)CS(=O)(=O)c1ccc(Cl)s1. The van der Waals surface area contributed by atoms with Gasteiger partial charge in [0.05, 0.1) is 15.2 Å². The monoisotopic (exact) mass is 585 g/mol. The van der Waals surface area contributed by atoms with Crippen LogP contribution in [0.1, 0.15) is 24.8 Å². The largest absolute Gasteiger partial charge is 0.384 e. The molecule has 4 heterocycles. The number of benzene rings is 1. The van der Waals surface area contributed by atoms with Gasteiger partial charge >= 0.3 is 0 Å². The Morgan fingerprint density at radius 2 is 1.87 bits per heavy atom. The number of carbonyl (C=O) groups excluding carboxylic acids is 1. The number of Topliss-reactive ketones (excluding diaryl/α,β-unsaturated/α-hetero) is 1. The van der Waals surface area contributed by atoms with Crippen LogP contribution in [0.3, 0.4) is 0 Å². The molecule has 4 aromatic rings. The van der Waals surface area contributed by atoms with Gasteiger partial charge in [-0.15, -0.1) is 11.3 Å². The molecule has 1 fully saturated rings. The number of aromatic nitrogens is 3. The molecule has 5 rings (SSSR count). The first kappa shape index (κ1) is 27.4. The zero-order valence-electron chi connectivity index (χ0n) is 21.2. The molecular formula is C27H28ClN5O4S2. The zero-order valence-corrected chi connectivity index (χ0v) is 23.6. The van der Waals surface area contributed by atoms with Crippen LogP contribution in [0.2, 0.25) is 4.34 Å². The van der Waals surface area contributed by atoms with E-state index in [2.05, 4.69) is 20.2 Å². The van der Waals surface area contributed by atoms with E-state index in [9.17, 15) is 18.0 Å². The maximum Gasteiger partial charge on any atom is 0.266 e. The normalized spacial score (nSPS) is 14.5.